The molecule has 4 atom stereocenters. The van der Waals surface area contributed by atoms with E-state index < -0.39 is 51.1 Å². The lowest BCUT2D eigenvalue weighted by molar-refractivity contribution is -0.385. The van der Waals surface area contributed by atoms with Gasteiger partial charge in [-0.2, -0.15) is 0 Å². The van der Waals surface area contributed by atoms with Crippen LogP contribution in [-0.2, 0) is 30.0 Å². The number of anilines is 1. The van der Waals surface area contributed by atoms with E-state index in [1.807, 2.05) is 123 Å². The predicted molar refractivity (Wildman–Crippen MR) is 194 cm³/mol. The molecule has 8 rings (SSSR count). The summed E-state index contributed by atoms with van der Waals surface area (Å²) in [6.45, 7) is 5.07. The van der Waals surface area contributed by atoms with Crippen LogP contribution in [0.5, 0.6) is 5.75 Å². The largest absolute Gasteiger partial charge is 0.419 e. The third-order valence-electron chi connectivity index (χ3n) is 10.8. The molecule has 5 aromatic rings. The molecule has 9 heteroatoms. The summed E-state index contributed by atoms with van der Waals surface area (Å²) in [5, 5.41) is 12.2. The van der Waals surface area contributed by atoms with Crippen LogP contribution in [-0.4, -0.2) is 28.5 Å². The van der Waals surface area contributed by atoms with E-state index in [0.717, 1.165) is 40.1 Å². The fourth-order valence-corrected chi connectivity index (χ4v) is 8.85. The van der Waals surface area contributed by atoms with Crippen molar-refractivity contribution in [2.24, 2.45) is 11.8 Å². The van der Waals surface area contributed by atoms with Crippen molar-refractivity contribution in [3.63, 3.8) is 0 Å². The molecule has 256 valence electrons. The summed E-state index contributed by atoms with van der Waals surface area (Å²) in [7, 11) is 0. The van der Waals surface area contributed by atoms with Gasteiger partial charge in [-0.3, -0.25) is 29.3 Å². The SMILES string of the molecule is CC(=O)Oc1ccc(N2C(=O)[C@@H]3[C@@H](C2=O)[C@@]2(c4ccccc4)C(=O)[C@@]3(c3ccccc3)C(c3ccc(C)cc3)=C2c2ccc(C)cc2)cc1[N+](=O)[O-]. The van der Waals surface area contributed by atoms with E-state index in [9.17, 15) is 14.9 Å². The molecule has 9 nitrogen and oxygen atoms in total. The summed E-state index contributed by atoms with van der Waals surface area (Å²) < 4.78 is 5.08. The van der Waals surface area contributed by atoms with Crippen LogP contribution >= 0.6 is 0 Å². The number of imide groups is 1. The number of aryl methyl sites for hydroxylation is 2. The van der Waals surface area contributed by atoms with Crippen LogP contribution in [0, 0.1) is 35.8 Å². The van der Waals surface area contributed by atoms with Crippen molar-refractivity contribution >= 4 is 46.1 Å². The fraction of sp³-hybridized carbons (Fsp3) is 0.163. The third-order valence-corrected chi connectivity index (χ3v) is 10.8. The van der Waals surface area contributed by atoms with Crippen LogP contribution in [0.25, 0.3) is 11.1 Å². The van der Waals surface area contributed by atoms with Crippen molar-refractivity contribution in [1.29, 1.82) is 0 Å². The first-order valence-electron chi connectivity index (χ1n) is 16.9. The van der Waals surface area contributed by atoms with Gasteiger partial charge in [0.2, 0.25) is 17.6 Å². The van der Waals surface area contributed by atoms with Crippen molar-refractivity contribution in [2.75, 3.05) is 4.90 Å². The molecule has 2 bridgehead atoms. The number of fused-ring (bicyclic) bond motifs is 5. The molecule has 2 fully saturated rings. The number of nitrogens with zero attached hydrogens (tertiary/aromatic N) is 2. The lowest BCUT2D eigenvalue weighted by atomic mass is 9.59. The van der Waals surface area contributed by atoms with E-state index in [1.165, 1.54) is 12.1 Å². The Hall–Kier alpha value is -6.48. The molecule has 0 unspecified atom stereocenters. The van der Waals surface area contributed by atoms with Gasteiger partial charge in [0, 0.05) is 13.0 Å². The normalized spacial score (nSPS) is 23.3. The number of carbonyl (C=O) groups excluding carboxylic acids is 4. The van der Waals surface area contributed by atoms with Gasteiger partial charge in [0.25, 0.3) is 0 Å². The van der Waals surface area contributed by atoms with Crippen LogP contribution in [0.3, 0.4) is 0 Å². The van der Waals surface area contributed by atoms with Gasteiger partial charge in [0.15, 0.2) is 5.78 Å². The highest BCUT2D eigenvalue weighted by Crippen LogP contribution is 2.74. The number of Topliss-reactive ketones (excluding diaryl/α,β-unsaturated/α-hetero) is 1. The number of ketones is 1. The molecular weight excluding hydrogens is 656 g/mol. The number of nitro groups is 1. The zero-order valence-electron chi connectivity index (χ0n) is 28.5. The number of carbonyl (C=O) groups is 4. The number of hydrogen-bond donors (Lipinski definition) is 0. The molecule has 0 aromatic heterocycles. The van der Waals surface area contributed by atoms with Crippen LogP contribution in [0.15, 0.2) is 127 Å². The maximum Gasteiger partial charge on any atom is 0.313 e. The molecule has 1 aliphatic heterocycles. The van der Waals surface area contributed by atoms with Crippen molar-refractivity contribution in [2.45, 2.75) is 31.6 Å². The molecule has 3 aliphatic rings. The maximum absolute atomic E-state index is 16.1. The molecule has 1 saturated carbocycles. The number of benzene rings is 5. The van der Waals surface area contributed by atoms with Gasteiger partial charge in [0.1, 0.15) is 0 Å². The smallest absolute Gasteiger partial charge is 0.313 e. The van der Waals surface area contributed by atoms with Crippen molar-refractivity contribution < 1.29 is 28.8 Å². The van der Waals surface area contributed by atoms with Gasteiger partial charge in [0.05, 0.1) is 33.3 Å². The van der Waals surface area contributed by atoms with Crippen molar-refractivity contribution in [1.82, 2.24) is 0 Å². The van der Waals surface area contributed by atoms with Gasteiger partial charge in [-0.15, -0.1) is 0 Å². The zero-order chi connectivity index (χ0) is 36.5. The highest BCUT2D eigenvalue weighted by Gasteiger charge is 2.82. The summed E-state index contributed by atoms with van der Waals surface area (Å²) in [5.41, 5.74) is 2.07. The standard InChI is InChI=1S/C43H32N2O7/c1-25-14-18-28(19-15-25)35-36(29-20-16-26(2)17-21-29)43(31-12-8-5-9-13-31)38-37(42(35,41(43)49)30-10-6-4-7-11-30)39(47)44(40(38)48)32-22-23-34(52-27(3)46)33(24-32)45(50)51/h4-24,37-38H,1-3H3/t37-,38-,42-,43-/m0/s1. The first-order chi connectivity index (χ1) is 25.0. The predicted octanol–water partition coefficient (Wildman–Crippen LogP) is 7.33. The number of allylic oxidation sites excluding steroid dienone is 2. The number of ether oxygens (including phenoxy) is 1. The van der Waals surface area contributed by atoms with Gasteiger partial charge in [-0.05, 0) is 59.4 Å². The van der Waals surface area contributed by atoms with E-state index in [2.05, 4.69) is 0 Å². The molecule has 5 aromatic carbocycles. The first-order valence-corrected chi connectivity index (χ1v) is 16.9. The number of hydrogen-bond acceptors (Lipinski definition) is 7. The molecule has 2 aliphatic carbocycles. The van der Waals surface area contributed by atoms with Crippen LogP contribution < -0.4 is 9.64 Å². The minimum absolute atomic E-state index is 0.0564. The Morgan fingerprint density at radius 3 is 1.52 bits per heavy atom. The third kappa shape index (κ3) is 4.35. The van der Waals surface area contributed by atoms with Crippen LogP contribution in [0.1, 0.15) is 40.3 Å². The molecule has 2 amide bonds. The Morgan fingerprint density at radius 2 is 1.12 bits per heavy atom. The summed E-state index contributed by atoms with van der Waals surface area (Å²) in [4.78, 5) is 70.7. The Kier molecular flexibility index (Phi) is 7.42. The average Bonchev–Trinajstić information content (AvgIpc) is 3.65. The Morgan fingerprint density at radius 1 is 0.673 bits per heavy atom. The number of nitro benzene ring substituents is 1. The second-order valence-electron chi connectivity index (χ2n) is 13.6. The number of rotatable bonds is 7. The molecule has 0 radical (unpaired) electrons. The van der Waals surface area contributed by atoms with Gasteiger partial charge in [-0.25, -0.2) is 4.90 Å². The number of esters is 1. The Labute approximate surface area is 299 Å². The second kappa shape index (κ2) is 11.8. The first kappa shape index (κ1) is 32.7. The van der Waals surface area contributed by atoms with E-state index in [-0.39, 0.29) is 17.2 Å². The van der Waals surface area contributed by atoms with Gasteiger partial charge >= 0.3 is 11.7 Å². The summed E-state index contributed by atoms with van der Waals surface area (Å²) >= 11 is 0. The molecule has 1 saturated heterocycles. The Bertz CT molecular complexity index is 2240. The molecule has 52 heavy (non-hydrogen) atoms. The quantitative estimate of drug-likeness (QED) is 0.0577. The lowest BCUT2D eigenvalue weighted by Crippen LogP contribution is -2.45. The van der Waals surface area contributed by atoms with Crippen LogP contribution in [0.4, 0.5) is 11.4 Å². The second-order valence-corrected chi connectivity index (χ2v) is 13.6. The minimum Gasteiger partial charge on any atom is -0.419 e. The fourth-order valence-electron chi connectivity index (χ4n) is 8.85. The van der Waals surface area contributed by atoms with Gasteiger partial charge in [-0.1, -0.05) is 120 Å². The van der Waals surface area contributed by atoms with E-state index in [0.29, 0.717) is 22.3 Å². The zero-order valence-corrected chi connectivity index (χ0v) is 28.5. The monoisotopic (exact) mass is 688 g/mol. The summed E-state index contributed by atoms with van der Waals surface area (Å²) in [6, 6.07) is 37.6. The summed E-state index contributed by atoms with van der Waals surface area (Å²) in [6.07, 6.45) is 0. The van der Waals surface area contributed by atoms with Crippen molar-refractivity contribution in [3.8, 4) is 5.75 Å². The molecular formula is C43H32N2O7. The van der Waals surface area contributed by atoms with Crippen molar-refractivity contribution in [3.05, 3.63) is 171 Å². The van der Waals surface area contributed by atoms with Gasteiger partial charge < -0.3 is 4.74 Å². The summed E-state index contributed by atoms with van der Waals surface area (Å²) in [5.74, 6) is -5.04. The number of amides is 2. The van der Waals surface area contributed by atoms with Crippen LogP contribution in [0.2, 0.25) is 0 Å². The lowest BCUT2D eigenvalue weighted by Gasteiger charge is -2.39. The highest BCUT2D eigenvalue weighted by atomic mass is 16.6. The molecule has 0 N–H and O–H groups in total. The Balaban J connectivity index is 1.49. The molecule has 0 spiro atoms. The van der Waals surface area contributed by atoms with E-state index >= 15 is 14.4 Å². The maximum atomic E-state index is 16.1. The highest BCUT2D eigenvalue weighted by molar-refractivity contribution is 6.39. The van der Waals surface area contributed by atoms with E-state index in [1.54, 1.807) is 0 Å². The average molecular weight is 689 g/mol. The van der Waals surface area contributed by atoms with E-state index in [4.69, 9.17) is 4.74 Å². The topological polar surface area (TPSA) is 124 Å². The molecule has 1 heterocycles. The minimum atomic E-state index is -1.62.